The fourth-order valence-corrected chi connectivity index (χ4v) is 1.25. The van der Waals surface area contributed by atoms with Gasteiger partial charge in [-0.2, -0.15) is 0 Å². The molecule has 0 aliphatic heterocycles. The van der Waals surface area contributed by atoms with Crippen LogP contribution >= 0.6 is 0 Å². The van der Waals surface area contributed by atoms with Gasteiger partial charge >= 0.3 is 0 Å². The zero-order chi connectivity index (χ0) is 10.8. The van der Waals surface area contributed by atoms with Crippen molar-refractivity contribution < 1.29 is 4.74 Å². The molecule has 0 aromatic carbocycles. The van der Waals surface area contributed by atoms with Crippen molar-refractivity contribution in [2.24, 2.45) is 0 Å². The molecule has 0 radical (unpaired) electrons. The van der Waals surface area contributed by atoms with Crippen molar-refractivity contribution in [1.29, 1.82) is 0 Å². The number of aromatic amines is 2. The molecule has 2 rings (SSSR count). The SMILES string of the molecule is COc1cnc(-c2nc[nH]c2C)[nH]c1=O. The first kappa shape index (κ1) is 9.45. The number of methoxy groups -OCH3 is 1. The summed E-state index contributed by atoms with van der Waals surface area (Å²) in [5.41, 5.74) is 1.17. The van der Waals surface area contributed by atoms with Crippen LogP contribution in [0.15, 0.2) is 17.3 Å². The number of nitrogens with one attached hydrogen (secondary N) is 2. The topological polar surface area (TPSA) is 83.7 Å². The lowest BCUT2D eigenvalue weighted by Gasteiger charge is -2.00. The third-order valence-electron chi connectivity index (χ3n) is 2.04. The average molecular weight is 206 g/mol. The van der Waals surface area contributed by atoms with E-state index in [1.54, 1.807) is 6.33 Å². The smallest absolute Gasteiger partial charge is 0.293 e. The summed E-state index contributed by atoms with van der Waals surface area (Å²) in [6, 6.07) is 0. The molecule has 6 nitrogen and oxygen atoms in total. The van der Waals surface area contributed by atoms with E-state index in [0.717, 1.165) is 5.69 Å². The van der Waals surface area contributed by atoms with Crippen LogP contribution in [0, 0.1) is 6.92 Å². The molecular formula is C9H10N4O2. The van der Waals surface area contributed by atoms with Crippen molar-refractivity contribution in [2.75, 3.05) is 7.11 Å². The van der Waals surface area contributed by atoms with E-state index in [1.165, 1.54) is 13.3 Å². The fraction of sp³-hybridized carbons (Fsp3) is 0.222. The molecule has 0 amide bonds. The van der Waals surface area contributed by atoms with Gasteiger partial charge < -0.3 is 14.7 Å². The van der Waals surface area contributed by atoms with Crippen molar-refractivity contribution in [2.45, 2.75) is 6.92 Å². The quantitative estimate of drug-likeness (QED) is 0.748. The molecule has 0 fully saturated rings. The third kappa shape index (κ3) is 1.61. The zero-order valence-corrected chi connectivity index (χ0v) is 8.37. The molecule has 2 heterocycles. The number of H-pyrrole nitrogens is 2. The molecule has 15 heavy (non-hydrogen) atoms. The summed E-state index contributed by atoms with van der Waals surface area (Å²) in [7, 11) is 1.42. The molecule has 0 saturated heterocycles. The lowest BCUT2D eigenvalue weighted by molar-refractivity contribution is 0.406. The maximum absolute atomic E-state index is 11.4. The van der Waals surface area contributed by atoms with E-state index < -0.39 is 0 Å². The molecule has 2 aromatic heterocycles. The maximum Gasteiger partial charge on any atom is 0.293 e. The molecule has 78 valence electrons. The van der Waals surface area contributed by atoms with E-state index in [4.69, 9.17) is 4.74 Å². The Bertz CT molecular complexity index is 529. The van der Waals surface area contributed by atoms with Crippen LogP contribution in [0.4, 0.5) is 0 Å². The van der Waals surface area contributed by atoms with Gasteiger partial charge in [-0.15, -0.1) is 0 Å². The Balaban J connectivity index is 2.52. The summed E-state index contributed by atoms with van der Waals surface area (Å²) < 4.78 is 4.81. The van der Waals surface area contributed by atoms with E-state index in [2.05, 4.69) is 19.9 Å². The Labute approximate surface area is 85.4 Å². The van der Waals surface area contributed by atoms with Crippen LogP contribution in [-0.2, 0) is 0 Å². The highest BCUT2D eigenvalue weighted by Gasteiger charge is 2.08. The van der Waals surface area contributed by atoms with Crippen LogP contribution in [0.1, 0.15) is 5.69 Å². The van der Waals surface area contributed by atoms with Gasteiger partial charge in [0, 0.05) is 5.69 Å². The number of nitrogens with zero attached hydrogens (tertiary/aromatic N) is 2. The molecule has 0 atom stereocenters. The summed E-state index contributed by atoms with van der Waals surface area (Å²) in [6.45, 7) is 1.85. The van der Waals surface area contributed by atoms with Crippen LogP contribution in [0.2, 0.25) is 0 Å². The number of aromatic nitrogens is 4. The Morgan fingerprint density at radius 2 is 2.20 bits per heavy atom. The first-order valence-electron chi connectivity index (χ1n) is 4.36. The van der Waals surface area contributed by atoms with Gasteiger partial charge in [-0.05, 0) is 6.92 Å². The average Bonchev–Trinajstić information content (AvgIpc) is 2.64. The number of ether oxygens (including phenoxy) is 1. The lowest BCUT2D eigenvalue weighted by Crippen LogP contribution is -2.11. The Hall–Kier alpha value is -2.11. The van der Waals surface area contributed by atoms with Gasteiger partial charge in [0.25, 0.3) is 5.56 Å². The van der Waals surface area contributed by atoms with Gasteiger partial charge in [0.15, 0.2) is 5.82 Å². The Morgan fingerprint density at radius 1 is 1.40 bits per heavy atom. The third-order valence-corrected chi connectivity index (χ3v) is 2.04. The van der Waals surface area contributed by atoms with E-state index >= 15 is 0 Å². The molecule has 2 aromatic rings. The molecule has 0 aliphatic rings. The summed E-state index contributed by atoms with van der Waals surface area (Å²) in [5, 5.41) is 0. The van der Waals surface area contributed by atoms with Crippen molar-refractivity contribution in [3.8, 4) is 17.3 Å². The minimum Gasteiger partial charge on any atom is -0.490 e. The van der Waals surface area contributed by atoms with Gasteiger partial charge in [-0.1, -0.05) is 0 Å². The number of rotatable bonds is 2. The first-order chi connectivity index (χ1) is 7.22. The van der Waals surface area contributed by atoms with Crippen molar-refractivity contribution >= 4 is 0 Å². The van der Waals surface area contributed by atoms with Crippen molar-refractivity contribution in [3.05, 3.63) is 28.6 Å². The van der Waals surface area contributed by atoms with E-state index in [1.807, 2.05) is 6.92 Å². The van der Waals surface area contributed by atoms with Crippen LogP contribution in [0.25, 0.3) is 11.5 Å². The predicted octanol–water partition coefficient (Wildman–Crippen LogP) is 0.477. The summed E-state index contributed by atoms with van der Waals surface area (Å²) in [5.74, 6) is 0.617. The van der Waals surface area contributed by atoms with Crippen molar-refractivity contribution in [3.63, 3.8) is 0 Å². The first-order valence-corrected chi connectivity index (χ1v) is 4.36. The van der Waals surface area contributed by atoms with Gasteiger partial charge in [-0.3, -0.25) is 4.79 Å². The number of hydrogen-bond acceptors (Lipinski definition) is 4. The second-order valence-electron chi connectivity index (χ2n) is 3.01. The fourth-order valence-electron chi connectivity index (χ4n) is 1.25. The van der Waals surface area contributed by atoms with E-state index in [-0.39, 0.29) is 11.3 Å². The number of aryl methyl sites for hydroxylation is 1. The minimum absolute atomic E-state index is 0.187. The van der Waals surface area contributed by atoms with Crippen molar-refractivity contribution in [1.82, 2.24) is 19.9 Å². The monoisotopic (exact) mass is 206 g/mol. The second-order valence-corrected chi connectivity index (χ2v) is 3.01. The molecule has 6 heteroatoms. The van der Waals surface area contributed by atoms with E-state index in [0.29, 0.717) is 11.5 Å². The van der Waals surface area contributed by atoms with Gasteiger partial charge in [-0.25, -0.2) is 9.97 Å². The normalized spacial score (nSPS) is 10.3. The van der Waals surface area contributed by atoms with Crippen LogP contribution < -0.4 is 10.3 Å². The van der Waals surface area contributed by atoms with Crippen LogP contribution in [0.3, 0.4) is 0 Å². The Morgan fingerprint density at radius 3 is 2.73 bits per heavy atom. The number of hydrogen-bond donors (Lipinski definition) is 2. The molecule has 0 aliphatic carbocycles. The Kier molecular flexibility index (Phi) is 2.24. The van der Waals surface area contributed by atoms with Gasteiger partial charge in [0.05, 0.1) is 19.6 Å². The van der Waals surface area contributed by atoms with Crippen LogP contribution in [0.5, 0.6) is 5.75 Å². The standard InChI is InChI=1S/C9H10N4O2/c1-5-7(12-4-11-5)8-10-3-6(15-2)9(14)13-8/h3-4H,1-2H3,(H,11,12)(H,10,13,14). The highest BCUT2D eigenvalue weighted by Crippen LogP contribution is 2.13. The molecule has 0 unspecified atom stereocenters. The summed E-state index contributed by atoms with van der Waals surface area (Å²) in [6.07, 6.45) is 2.93. The minimum atomic E-state index is -0.315. The molecular weight excluding hydrogens is 196 g/mol. The largest absolute Gasteiger partial charge is 0.490 e. The van der Waals surface area contributed by atoms with Crippen LogP contribution in [-0.4, -0.2) is 27.0 Å². The van der Waals surface area contributed by atoms with Gasteiger partial charge in [0.1, 0.15) is 5.69 Å². The molecule has 0 spiro atoms. The second kappa shape index (κ2) is 3.56. The highest BCUT2D eigenvalue weighted by molar-refractivity contribution is 5.51. The van der Waals surface area contributed by atoms with Gasteiger partial charge in [0.2, 0.25) is 5.75 Å². The molecule has 0 saturated carbocycles. The molecule has 0 bridgehead atoms. The summed E-state index contributed by atoms with van der Waals surface area (Å²) >= 11 is 0. The maximum atomic E-state index is 11.4. The summed E-state index contributed by atoms with van der Waals surface area (Å²) in [4.78, 5) is 25.0. The molecule has 2 N–H and O–H groups in total. The number of imidazole rings is 1. The lowest BCUT2D eigenvalue weighted by atomic mass is 10.3. The zero-order valence-electron chi connectivity index (χ0n) is 8.37. The highest BCUT2D eigenvalue weighted by atomic mass is 16.5. The van der Waals surface area contributed by atoms with E-state index in [9.17, 15) is 4.79 Å². The predicted molar refractivity (Wildman–Crippen MR) is 53.7 cm³/mol.